The maximum absolute atomic E-state index is 11.3. The monoisotopic (exact) mass is 258 g/mol. The summed E-state index contributed by atoms with van der Waals surface area (Å²) in [6.45, 7) is 2.38. The smallest absolute Gasteiger partial charge is 0.341 e. The molecule has 0 unspecified atom stereocenters. The first-order chi connectivity index (χ1) is 6.69. The first kappa shape index (κ1) is 11.0. The van der Waals surface area contributed by atoms with Gasteiger partial charge in [0.15, 0.2) is 0 Å². The molecule has 3 nitrogen and oxygen atoms in total. The van der Waals surface area contributed by atoms with E-state index in [4.69, 9.17) is 4.74 Å². The van der Waals surface area contributed by atoms with Crippen LogP contribution < -0.4 is 4.74 Å². The van der Waals surface area contributed by atoms with Crippen molar-refractivity contribution in [3.8, 4) is 5.75 Å². The quantitative estimate of drug-likeness (QED) is 0.783. The van der Waals surface area contributed by atoms with Gasteiger partial charge in [0.25, 0.3) is 0 Å². The molecule has 0 aliphatic rings. The molecule has 76 valence electrons. The van der Waals surface area contributed by atoms with E-state index < -0.39 is 5.97 Å². The molecule has 0 amide bonds. The van der Waals surface area contributed by atoms with E-state index in [1.807, 2.05) is 13.0 Å². The SMILES string of the molecule is CCOc1ccc(Br)cc1C(=O)OC. The van der Waals surface area contributed by atoms with Gasteiger partial charge < -0.3 is 9.47 Å². The number of halogens is 1. The lowest BCUT2D eigenvalue weighted by molar-refractivity contribution is 0.0596. The van der Waals surface area contributed by atoms with Crippen LogP contribution in [0.4, 0.5) is 0 Å². The van der Waals surface area contributed by atoms with Crippen molar-refractivity contribution in [2.45, 2.75) is 6.92 Å². The van der Waals surface area contributed by atoms with Gasteiger partial charge in [0.1, 0.15) is 11.3 Å². The van der Waals surface area contributed by atoms with Crippen LogP contribution >= 0.6 is 15.9 Å². The van der Waals surface area contributed by atoms with Crippen molar-refractivity contribution in [3.05, 3.63) is 28.2 Å². The molecule has 0 saturated carbocycles. The Hall–Kier alpha value is -1.03. The molecule has 0 bridgehead atoms. The molecule has 0 aromatic heterocycles. The molecule has 1 aromatic rings. The summed E-state index contributed by atoms with van der Waals surface area (Å²) in [5, 5.41) is 0. The molecule has 0 fully saturated rings. The number of carbonyl (C=O) groups is 1. The van der Waals surface area contributed by atoms with Gasteiger partial charge in [-0.2, -0.15) is 0 Å². The Bertz CT molecular complexity index is 336. The fourth-order valence-electron chi connectivity index (χ4n) is 1.05. The van der Waals surface area contributed by atoms with Gasteiger partial charge in [-0.15, -0.1) is 0 Å². The van der Waals surface area contributed by atoms with Crippen LogP contribution in [-0.2, 0) is 4.74 Å². The van der Waals surface area contributed by atoms with E-state index in [2.05, 4.69) is 20.7 Å². The maximum atomic E-state index is 11.3. The Labute approximate surface area is 91.1 Å². The van der Waals surface area contributed by atoms with Crippen molar-refractivity contribution >= 4 is 21.9 Å². The molecule has 14 heavy (non-hydrogen) atoms. The second-order valence-corrected chi connectivity index (χ2v) is 3.48. The number of carbonyl (C=O) groups excluding carboxylic acids is 1. The van der Waals surface area contributed by atoms with Crippen LogP contribution in [-0.4, -0.2) is 19.7 Å². The van der Waals surface area contributed by atoms with E-state index in [0.29, 0.717) is 17.9 Å². The lowest BCUT2D eigenvalue weighted by Crippen LogP contribution is -2.05. The van der Waals surface area contributed by atoms with Crippen molar-refractivity contribution in [2.75, 3.05) is 13.7 Å². The average molecular weight is 259 g/mol. The van der Waals surface area contributed by atoms with Gasteiger partial charge in [-0.1, -0.05) is 15.9 Å². The molecule has 1 aromatic carbocycles. The van der Waals surface area contributed by atoms with Gasteiger partial charge in [0, 0.05) is 4.47 Å². The topological polar surface area (TPSA) is 35.5 Å². The third-order valence-corrected chi connectivity index (χ3v) is 2.14. The van der Waals surface area contributed by atoms with Gasteiger partial charge >= 0.3 is 5.97 Å². The summed E-state index contributed by atoms with van der Waals surface area (Å²) in [5.41, 5.74) is 0.434. The summed E-state index contributed by atoms with van der Waals surface area (Å²) in [6.07, 6.45) is 0. The Morgan fingerprint density at radius 2 is 2.21 bits per heavy atom. The zero-order chi connectivity index (χ0) is 10.6. The first-order valence-corrected chi connectivity index (χ1v) is 4.99. The summed E-state index contributed by atoms with van der Waals surface area (Å²) >= 11 is 3.28. The van der Waals surface area contributed by atoms with Crippen LogP contribution in [0.2, 0.25) is 0 Å². The molecular weight excluding hydrogens is 248 g/mol. The number of methoxy groups -OCH3 is 1. The van der Waals surface area contributed by atoms with E-state index in [9.17, 15) is 4.79 Å². The van der Waals surface area contributed by atoms with Crippen molar-refractivity contribution in [1.82, 2.24) is 0 Å². The fourth-order valence-corrected chi connectivity index (χ4v) is 1.41. The Morgan fingerprint density at radius 3 is 2.79 bits per heavy atom. The third-order valence-electron chi connectivity index (χ3n) is 1.65. The van der Waals surface area contributed by atoms with Crippen LogP contribution in [0.25, 0.3) is 0 Å². The van der Waals surface area contributed by atoms with E-state index in [-0.39, 0.29) is 0 Å². The van der Waals surface area contributed by atoms with Gasteiger partial charge in [-0.3, -0.25) is 0 Å². The van der Waals surface area contributed by atoms with Crippen molar-refractivity contribution in [1.29, 1.82) is 0 Å². The highest BCUT2D eigenvalue weighted by atomic mass is 79.9. The van der Waals surface area contributed by atoms with E-state index in [1.54, 1.807) is 12.1 Å². The van der Waals surface area contributed by atoms with Gasteiger partial charge in [0.05, 0.1) is 13.7 Å². The molecule has 0 N–H and O–H groups in total. The zero-order valence-corrected chi connectivity index (χ0v) is 9.63. The number of hydrogen-bond acceptors (Lipinski definition) is 3. The third kappa shape index (κ3) is 2.48. The average Bonchev–Trinajstić information content (AvgIpc) is 2.20. The number of esters is 1. The van der Waals surface area contributed by atoms with Crippen molar-refractivity contribution in [2.24, 2.45) is 0 Å². The predicted octanol–water partition coefficient (Wildman–Crippen LogP) is 2.63. The summed E-state index contributed by atoms with van der Waals surface area (Å²) in [7, 11) is 1.35. The number of hydrogen-bond donors (Lipinski definition) is 0. The van der Waals surface area contributed by atoms with Crippen LogP contribution in [0, 0.1) is 0 Å². The normalized spacial score (nSPS) is 9.64. The van der Waals surface area contributed by atoms with Gasteiger partial charge in [-0.25, -0.2) is 4.79 Å². The number of ether oxygens (including phenoxy) is 2. The molecule has 0 heterocycles. The summed E-state index contributed by atoms with van der Waals surface area (Å²) in [6, 6.07) is 5.23. The Kier molecular flexibility index (Phi) is 3.95. The largest absolute Gasteiger partial charge is 0.493 e. The lowest BCUT2D eigenvalue weighted by Gasteiger charge is -2.08. The van der Waals surface area contributed by atoms with Crippen molar-refractivity contribution < 1.29 is 14.3 Å². The van der Waals surface area contributed by atoms with E-state index in [1.165, 1.54) is 7.11 Å². The minimum absolute atomic E-state index is 0.394. The minimum Gasteiger partial charge on any atom is -0.493 e. The van der Waals surface area contributed by atoms with Crippen LogP contribution in [0.1, 0.15) is 17.3 Å². The second-order valence-electron chi connectivity index (χ2n) is 2.57. The highest BCUT2D eigenvalue weighted by Gasteiger charge is 2.12. The van der Waals surface area contributed by atoms with Crippen LogP contribution in [0.3, 0.4) is 0 Å². The molecule has 0 spiro atoms. The fraction of sp³-hybridized carbons (Fsp3) is 0.300. The summed E-state index contributed by atoms with van der Waals surface area (Å²) in [4.78, 5) is 11.3. The predicted molar refractivity (Wildman–Crippen MR) is 56.7 cm³/mol. The standard InChI is InChI=1S/C10H11BrO3/c1-3-14-9-5-4-7(11)6-8(9)10(12)13-2/h4-6H,3H2,1-2H3. The molecule has 0 radical (unpaired) electrons. The molecule has 4 heteroatoms. The molecular formula is C10H11BrO3. The molecule has 0 saturated heterocycles. The maximum Gasteiger partial charge on any atom is 0.341 e. The minimum atomic E-state index is -0.394. The molecule has 0 aliphatic heterocycles. The molecule has 1 rings (SSSR count). The Morgan fingerprint density at radius 1 is 1.50 bits per heavy atom. The highest BCUT2D eigenvalue weighted by molar-refractivity contribution is 9.10. The number of rotatable bonds is 3. The van der Waals surface area contributed by atoms with Crippen LogP contribution in [0.5, 0.6) is 5.75 Å². The Balaban J connectivity index is 3.08. The molecule has 0 aliphatic carbocycles. The summed E-state index contributed by atoms with van der Waals surface area (Å²) in [5.74, 6) is 0.150. The molecule has 0 atom stereocenters. The second kappa shape index (κ2) is 5.00. The van der Waals surface area contributed by atoms with E-state index >= 15 is 0 Å². The van der Waals surface area contributed by atoms with E-state index in [0.717, 1.165) is 4.47 Å². The van der Waals surface area contributed by atoms with Gasteiger partial charge in [0.2, 0.25) is 0 Å². The first-order valence-electron chi connectivity index (χ1n) is 4.19. The summed E-state index contributed by atoms with van der Waals surface area (Å²) < 4.78 is 10.8. The van der Waals surface area contributed by atoms with Gasteiger partial charge in [-0.05, 0) is 25.1 Å². The zero-order valence-electron chi connectivity index (χ0n) is 8.04. The lowest BCUT2D eigenvalue weighted by atomic mass is 10.2. The van der Waals surface area contributed by atoms with Crippen molar-refractivity contribution in [3.63, 3.8) is 0 Å². The number of benzene rings is 1. The highest BCUT2D eigenvalue weighted by Crippen LogP contribution is 2.23. The van der Waals surface area contributed by atoms with Crippen LogP contribution in [0.15, 0.2) is 22.7 Å².